The van der Waals surface area contributed by atoms with E-state index in [9.17, 15) is 0 Å². The largest absolute Gasteiger partial charge is 0.0654 e. The zero-order valence-electron chi connectivity index (χ0n) is 27.9. The topological polar surface area (TPSA) is 0 Å². The third-order valence-corrected chi connectivity index (χ3v) is 12.4. The Morgan fingerprint density at radius 2 is 0.891 bits per heavy atom. The maximum Gasteiger partial charge on any atom is 0.0221 e. The van der Waals surface area contributed by atoms with E-state index in [0.29, 0.717) is 0 Å². The molecule has 4 heteroatoms. The first-order valence-corrected chi connectivity index (χ1v) is 20.6. The Hall–Kier alpha value is -1.20. The van der Waals surface area contributed by atoms with Crippen LogP contribution in [0, 0.1) is 11.8 Å². The van der Waals surface area contributed by atoms with Gasteiger partial charge >= 0.3 is 0 Å². The third-order valence-electron chi connectivity index (χ3n) is 10.5. The molecule has 0 N–H and O–H groups in total. The number of halogens is 4. The van der Waals surface area contributed by atoms with E-state index in [1.165, 1.54) is 107 Å². The van der Waals surface area contributed by atoms with Crippen molar-refractivity contribution in [2.24, 2.45) is 11.8 Å². The predicted octanol–water partition coefficient (Wildman–Crippen LogP) is 15.5. The molecule has 46 heavy (non-hydrogen) atoms. The highest BCUT2D eigenvalue weighted by molar-refractivity contribution is 9.11. The number of fused-ring (bicyclic) bond motifs is 6. The Bertz CT molecular complexity index is 1520. The minimum atomic E-state index is 0.126. The van der Waals surface area contributed by atoms with E-state index in [-0.39, 0.29) is 5.41 Å². The number of benzene rings is 4. The van der Waals surface area contributed by atoms with Crippen molar-refractivity contribution < 1.29 is 0 Å². The SMILES string of the molecule is Brc1ccc2c(c1)Cc1cc(Br)ccc1-2.CCCCC(CC)CC1(CC(CC)CCCC)c2cc(Br)ccc2-c2ccc(Br)cc21. The van der Waals surface area contributed by atoms with Gasteiger partial charge in [-0.15, -0.1) is 0 Å². The molecule has 0 aliphatic heterocycles. The van der Waals surface area contributed by atoms with Crippen LogP contribution >= 0.6 is 63.7 Å². The molecule has 2 unspecified atom stereocenters. The lowest BCUT2D eigenvalue weighted by molar-refractivity contribution is 0.266. The quantitative estimate of drug-likeness (QED) is 0.117. The first-order valence-electron chi connectivity index (χ1n) is 17.4. The zero-order chi connectivity index (χ0) is 32.8. The molecule has 0 bridgehead atoms. The first-order chi connectivity index (χ1) is 22.2. The standard InChI is InChI=1S/C29H40Br2.C13H8Br2/c1-5-9-11-21(7-3)19-29(20-22(8-4)12-10-6-2)27-17-23(30)13-15-25(27)26-16-14-24(31)18-28(26)29;14-10-1-3-12-8(6-10)5-9-7-11(15)2-4-13(9)12/h13-18,21-22H,5-12,19-20H2,1-4H3;1-4,6-7H,5H2. The molecule has 4 aromatic rings. The normalized spacial score (nSPS) is 14.9. The van der Waals surface area contributed by atoms with Gasteiger partial charge in [0.1, 0.15) is 0 Å². The van der Waals surface area contributed by atoms with E-state index in [1.54, 1.807) is 11.1 Å². The fraction of sp³-hybridized carbons (Fsp3) is 0.429. The van der Waals surface area contributed by atoms with Gasteiger partial charge in [-0.3, -0.25) is 0 Å². The minimum Gasteiger partial charge on any atom is -0.0654 e. The van der Waals surface area contributed by atoms with Gasteiger partial charge in [0.2, 0.25) is 0 Å². The predicted molar refractivity (Wildman–Crippen MR) is 214 cm³/mol. The summed E-state index contributed by atoms with van der Waals surface area (Å²) in [5, 5.41) is 0. The summed E-state index contributed by atoms with van der Waals surface area (Å²) >= 11 is 14.7. The Morgan fingerprint density at radius 1 is 0.522 bits per heavy atom. The maximum absolute atomic E-state index is 3.82. The highest BCUT2D eigenvalue weighted by atomic mass is 79.9. The van der Waals surface area contributed by atoms with Crippen LogP contribution in [0.3, 0.4) is 0 Å². The van der Waals surface area contributed by atoms with Gasteiger partial charge in [0.15, 0.2) is 0 Å². The summed E-state index contributed by atoms with van der Waals surface area (Å²) in [6.07, 6.45) is 14.1. The number of unbranched alkanes of at least 4 members (excludes halogenated alkanes) is 2. The first kappa shape index (κ1) is 36.1. The van der Waals surface area contributed by atoms with Crippen LogP contribution in [0.15, 0.2) is 90.7 Å². The van der Waals surface area contributed by atoms with Crippen LogP contribution in [0.25, 0.3) is 22.3 Å². The summed E-state index contributed by atoms with van der Waals surface area (Å²) in [5.74, 6) is 1.56. The van der Waals surface area contributed by atoms with Gasteiger partial charge in [0.25, 0.3) is 0 Å². The second kappa shape index (κ2) is 16.5. The molecule has 2 aliphatic carbocycles. The van der Waals surface area contributed by atoms with Gasteiger partial charge in [-0.05, 0) is 124 Å². The molecular weight excluding hydrogens is 824 g/mol. The average Bonchev–Trinajstić information content (AvgIpc) is 3.52. The fourth-order valence-corrected chi connectivity index (χ4v) is 9.52. The van der Waals surface area contributed by atoms with Crippen LogP contribution in [0.1, 0.15) is 114 Å². The monoisotopic (exact) mass is 868 g/mol. The smallest absolute Gasteiger partial charge is 0.0221 e. The highest BCUT2D eigenvalue weighted by Crippen LogP contribution is 2.57. The van der Waals surface area contributed by atoms with Crippen LogP contribution in [-0.2, 0) is 11.8 Å². The molecule has 0 amide bonds. The number of hydrogen-bond acceptors (Lipinski definition) is 0. The molecular formula is C42H48Br4. The number of rotatable bonds is 12. The molecule has 6 rings (SSSR count). The molecule has 0 saturated carbocycles. The molecule has 0 radical (unpaired) electrons. The molecule has 0 aromatic heterocycles. The molecule has 0 saturated heterocycles. The third kappa shape index (κ3) is 7.98. The van der Waals surface area contributed by atoms with Crippen molar-refractivity contribution in [3.05, 3.63) is 113 Å². The Kier molecular flexibility index (Phi) is 12.9. The zero-order valence-corrected chi connectivity index (χ0v) is 34.2. The molecule has 2 aliphatic rings. The summed E-state index contributed by atoms with van der Waals surface area (Å²) in [6, 6.07) is 27.1. The number of hydrogen-bond donors (Lipinski definition) is 0. The highest BCUT2D eigenvalue weighted by Gasteiger charge is 2.45. The van der Waals surface area contributed by atoms with Gasteiger partial charge < -0.3 is 0 Å². The lowest BCUT2D eigenvalue weighted by Gasteiger charge is -2.38. The van der Waals surface area contributed by atoms with Gasteiger partial charge in [0, 0.05) is 23.3 Å². The van der Waals surface area contributed by atoms with Crippen molar-refractivity contribution in [1.29, 1.82) is 0 Å². The summed E-state index contributed by atoms with van der Waals surface area (Å²) < 4.78 is 4.75. The van der Waals surface area contributed by atoms with E-state index in [4.69, 9.17) is 0 Å². The Morgan fingerprint density at radius 3 is 1.26 bits per heavy atom. The van der Waals surface area contributed by atoms with Crippen LogP contribution in [0.2, 0.25) is 0 Å². The summed E-state index contributed by atoms with van der Waals surface area (Å²) in [5.41, 5.74) is 11.8. The maximum atomic E-state index is 3.82. The van der Waals surface area contributed by atoms with Crippen molar-refractivity contribution in [3.63, 3.8) is 0 Å². The van der Waals surface area contributed by atoms with Crippen molar-refractivity contribution >= 4 is 63.7 Å². The molecule has 0 nitrogen and oxygen atoms in total. The van der Waals surface area contributed by atoms with Crippen molar-refractivity contribution in [2.45, 2.75) is 104 Å². The van der Waals surface area contributed by atoms with E-state index < -0.39 is 0 Å². The van der Waals surface area contributed by atoms with E-state index >= 15 is 0 Å². The summed E-state index contributed by atoms with van der Waals surface area (Å²) in [7, 11) is 0. The summed E-state index contributed by atoms with van der Waals surface area (Å²) in [6.45, 7) is 9.46. The van der Waals surface area contributed by atoms with Gasteiger partial charge in [0.05, 0.1) is 0 Å². The van der Waals surface area contributed by atoms with Crippen LogP contribution in [-0.4, -0.2) is 0 Å². The van der Waals surface area contributed by atoms with Crippen LogP contribution in [0.4, 0.5) is 0 Å². The van der Waals surface area contributed by atoms with Crippen molar-refractivity contribution in [3.8, 4) is 22.3 Å². The lowest BCUT2D eigenvalue weighted by atomic mass is 9.65. The molecule has 2 atom stereocenters. The second-order valence-electron chi connectivity index (χ2n) is 13.5. The van der Waals surface area contributed by atoms with Crippen molar-refractivity contribution in [2.75, 3.05) is 0 Å². The molecule has 0 spiro atoms. The van der Waals surface area contributed by atoms with Crippen LogP contribution < -0.4 is 0 Å². The van der Waals surface area contributed by atoms with Crippen molar-refractivity contribution in [1.82, 2.24) is 0 Å². The van der Waals surface area contributed by atoms with Gasteiger partial charge in [-0.2, -0.15) is 0 Å². The van der Waals surface area contributed by atoms with Gasteiger partial charge in [-0.25, -0.2) is 0 Å². The average molecular weight is 872 g/mol. The summed E-state index contributed by atoms with van der Waals surface area (Å²) in [4.78, 5) is 0. The van der Waals surface area contributed by atoms with Gasteiger partial charge in [-0.1, -0.05) is 167 Å². The van der Waals surface area contributed by atoms with E-state index in [2.05, 4.69) is 164 Å². The fourth-order valence-electron chi connectivity index (χ4n) is 7.98. The second-order valence-corrected chi connectivity index (χ2v) is 17.1. The molecule has 244 valence electrons. The Balaban J connectivity index is 0.000000229. The minimum absolute atomic E-state index is 0.126. The molecule has 4 aromatic carbocycles. The molecule has 0 fully saturated rings. The van der Waals surface area contributed by atoms with E-state index in [1.807, 2.05) is 0 Å². The Labute approximate surface area is 312 Å². The van der Waals surface area contributed by atoms with E-state index in [0.717, 1.165) is 27.2 Å². The lowest BCUT2D eigenvalue weighted by Crippen LogP contribution is -2.31. The molecule has 0 heterocycles. The van der Waals surface area contributed by atoms with Crippen LogP contribution in [0.5, 0.6) is 0 Å².